The Morgan fingerprint density at radius 2 is 2.04 bits per heavy atom. The molecule has 0 radical (unpaired) electrons. The van der Waals surface area contributed by atoms with E-state index in [1.807, 2.05) is 49.8 Å². The molecule has 26 heavy (non-hydrogen) atoms. The summed E-state index contributed by atoms with van der Waals surface area (Å²) in [7, 11) is 1.89. The standard InChI is InChI=1S/C19H23N5O2/c1-22-12-16(11-20-22)23-9-5-8-15(13-23)24-18(25)17(21-19(24)26)10-14-6-3-2-4-7-14/h2-4,6-7,11-12,15,17H,5,8-10,13H2,1H3,(H,21,26)/t15-,17-/m1/s1. The molecule has 2 saturated heterocycles. The maximum Gasteiger partial charge on any atom is 0.325 e. The molecular formula is C19H23N5O2. The maximum absolute atomic E-state index is 12.9. The van der Waals surface area contributed by atoms with Crippen LogP contribution in [0.3, 0.4) is 0 Å². The van der Waals surface area contributed by atoms with Gasteiger partial charge in [0.2, 0.25) is 0 Å². The van der Waals surface area contributed by atoms with E-state index in [1.54, 1.807) is 4.68 Å². The predicted molar refractivity (Wildman–Crippen MR) is 97.8 cm³/mol. The van der Waals surface area contributed by atoms with Crippen LogP contribution >= 0.6 is 0 Å². The van der Waals surface area contributed by atoms with E-state index in [2.05, 4.69) is 15.3 Å². The van der Waals surface area contributed by atoms with E-state index in [-0.39, 0.29) is 18.0 Å². The van der Waals surface area contributed by atoms with Crippen LogP contribution in [0.5, 0.6) is 0 Å². The molecule has 2 aliphatic heterocycles. The van der Waals surface area contributed by atoms with Crippen molar-refractivity contribution in [2.24, 2.45) is 7.05 Å². The number of piperidine rings is 1. The van der Waals surface area contributed by atoms with Crippen molar-refractivity contribution in [3.63, 3.8) is 0 Å². The highest BCUT2D eigenvalue weighted by Crippen LogP contribution is 2.25. The molecule has 2 atom stereocenters. The number of anilines is 1. The lowest BCUT2D eigenvalue weighted by Gasteiger charge is -2.36. The minimum atomic E-state index is -0.473. The Balaban J connectivity index is 1.46. The van der Waals surface area contributed by atoms with Crippen LogP contribution in [0.1, 0.15) is 18.4 Å². The lowest BCUT2D eigenvalue weighted by Crippen LogP contribution is -2.50. The maximum atomic E-state index is 12.9. The van der Waals surface area contributed by atoms with Crippen LogP contribution < -0.4 is 10.2 Å². The summed E-state index contributed by atoms with van der Waals surface area (Å²) in [4.78, 5) is 29.0. The molecule has 4 rings (SSSR count). The Morgan fingerprint density at radius 3 is 2.77 bits per heavy atom. The van der Waals surface area contributed by atoms with E-state index in [1.165, 1.54) is 4.90 Å². The fraction of sp³-hybridized carbons (Fsp3) is 0.421. The molecule has 2 aromatic rings. The highest BCUT2D eigenvalue weighted by molar-refractivity contribution is 6.04. The summed E-state index contributed by atoms with van der Waals surface area (Å²) in [5, 5.41) is 7.08. The van der Waals surface area contributed by atoms with E-state index in [0.717, 1.165) is 30.6 Å². The van der Waals surface area contributed by atoms with E-state index in [0.29, 0.717) is 13.0 Å². The average Bonchev–Trinajstić information content (AvgIpc) is 3.20. The molecule has 1 aromatic carbocycles. The van der Waals surface area contributed by atoms with Crippen LogP contribution in [-0.4, -0.2) is 51.8 Å². The van der Waals surface area contributed by atoms with Gasteiger partial charge in [-0.2, -0.15) is 5.10 Å². The molecule has 0 unspecified atom stereocenters. The van der Waals surface area contributed by atoms with E-state index < -0.39 is 6.04 Å². The van der Waals surface area contributed by atoms with Crippen LogP contribution in [0.15, 0.2) is 42.7 Å². The zero-order chi connectivity index (χ0) is 18.1. The van der Waals surface area contributed by atoms with Gasteiger partial charge in [0.05, 0.1) is 17.9 Å². The zero-order valence-electron chi connectivity index (χ0n) is 14.8. The van der Waals surface area contributed by atoms with E-state index in [4.69, 9.17) is 0 Å². The second-order valence-corrected chi connectivity index (χ2v) is 7.01. The molecular weight excluding hydrogens is 330 g/mol. The predicted octanol–water partition coefficient (Wildman–Crippen LogP) is 1.55. The highest BCUT2D eigenvalue weighted by Gasteiger charge is 2.43. The third-order valence-electron chi connectivity index (χ3n) is 5.15. The second kappa shape index (κ2) is 6.82. The number of rotatable bonds is 4. The van der Waals surface area contributed by atoms with Gasteiger partial charge in [0.15, 0.2) is 0 Å². The van der Waals surface area contributed by atoms with Gasteiger partial charge in [-0.3, -0.25) is 14.4 Å². The van der Waals surface area contributed by atoms with Crippen molar-refractivity contribution in [1.29, 1.82) is 0 Å². The number of hydrogen-bond donors (Lipinski definition) is 1. The van der Waals surface area contributed by atoms with Gasteiger partial charge >= 0.3 is 6.03 Å². The number of urea groups is 1. The molecule has 2 aliphatic rings. The molecule has 1 N–H and O–H groups in total. The van der Waals surface area contributed by atoms with Crippen molar-refractivity contribution in [2.75, 3.05) is 18.0 Å². The van der Waals surface area contributed by atoms with Gasteiger partial charge in [-0.1, -0.05) is 30.3 Å². The largest absolute Gasteiger partial charge is 0.367 e. The fourth-order valence-corrected chi connectivity index (χ4v) is 3.85. The monoisotopic (exact) mass is 353 g/mol. The van der Waals surface area contributed by atoms with Crippen molar-refractivity contribution < 1.29 is 9.59 Å². The summed E-state index contributed by atoms with van der Waals surface area (Å²) in [6.45, 7) is 1.57. The Kier molecular flexibility index (Phi) is 4.36. The number of benzene rings is 1. The normalized spacial score (nSPS) is 23.4. The number of nitrogens with zero attached hydrogens (tertiary/aromatic N) is 4. The molecule has 7 nitrogen and oxygen atoms in total. The summed E-state index contributed by atoms with van der Waals surface area (Å²) < 4.78 is 1.77. The van der Waals surface area contributed by atoms with E-state index in [9.17, 15) is 9.59 Å². The van der Waals surface area contributed by atoms with Crippen molar-refractivity contribution in [3.8, 4) is 0 Å². The first-order valence-corrected chi connectivity index (χ1v) is 9.03. The van der Waals surface area contributed by atoms with Crippen molar-refractivity contribution in [2.45, 2.75) is 31.3 Å². The zero-order valence-corrected chi connectivity index (χ0v) is 14.8. The number of nitrogens with one attached hydrogen (secondary N) is 1. The van der Waals surface area contributed by atoms with Gasteiger partial charge in [0.25, 0.3) is 5.91 Å². The molecule has 7 heteroatoms. The topological polar surface area (TPSA) is 70.5 Å². The van der Waals surface area contributed by atoms with Gasteiger partial charge in [-0.15, -0.1) is 0 Å². The molecule has 0 aliphatic carbocycles. The third kappa shape index (κ3) is 3.16. The van der Waals surface area contributed by atoms with Crippen LogP contribution in [0, 0.1) is 0 Å². The van der Waals surface area contributed by atoms with Gasteiger partial charge < -0.3 is 10.2 Å². The summed E-state index contributed by atoms with van der Waals surface area (Å²) in [5.74, 6) is -0.114. The quantitative estimate of drug-likeness (QED) is 0.847. The number of hydrogen-bond acceptors (Lipinski definition) is 4. The molecule has 136 valence electrons. The van der Waals surface area contributed by atoms with Crippen molar-refractivity contribution >= 4 is 17.6 Å². The third-order valence-corrected chi connectivity index (χ3v) is 5.15. The molecule has 1 aromatic heterocycles. The number of carbonyl (C=O) groups excluding carboxylic acids is 2. The lowest BCUT2D eigenvalue weighted by molar-refractivity contribution is -0.129. The fourth-order valence-electron chi connectivity index (χ4n) is 3.85. The van der Waals surface area contributed by atoms with Crippen molar-refractivity contribution in [3.05, 3.63) is 48.3 Å². The van der Waals surface area contributed by atoms with Crippen molar-refractivity contribution in [1.82, 2.24) is 20.0 Å². The smallest absolute Gasteiger partial charge is 0.325 e. The molecule has 3 amide bonds. The number of imide groups is 1. The number of aryl methyl sites for hydroxylation is 1. The minimum Gasteiger partial charge on any atom is -0.367 e. The Hall–Kier alpha value is -2.83. The van der Waals surface area contributed by atoms with Gasteiger partial charge in [0.1, 0.15) is 6.04 Å². The lowest BCUT2D eigenvalue weighted by atomic mass is 10.0. The average molecular weight is 353 g/mol. The highest BCUT2D eigenvalue weighted by atomic mass is 16.2. The van der Waals surface area contributed by atoms with Crippen LogP contribution in [0.2, 0.25) is 0 Å². The molecule has 2 fully saturated rings. The second-order valence-electron chi connectivity index (χ2n) is 7.01. The summed E-state index contributed by atoms with van der Waals surface area (Å²) in [5.41, 5.74) is 2.08. The van der Waals surface area contributed by atoms with Crippen LogP contribution in [0.4, 0.5) is 10.5 Å². The number of aromatic nitrogens is 2. The summed E-state index contributed by atoms with van der Waals surface area (Å²) >= 11 is 0. The summed E-state index contributed by atoms with van der Waals surface area (Å²) in [6, 6.07) is 8.95. The van der Waals surface area contributed by atoms with Gasteiger partial charge in [0, 0.05) is 32.8 Å². The van der Waals surface area contributed by atoms with Crippen LogP contribution in [-0.2, 0) is 18.3 Å². The Labute approximate surface area is 152 Å². The van der Waals surface area contributed by atoms with Crippen LogP contribution in [0.25, 0.3) is 0 Å². The first kappa shape index (κ1) is 16.6. The molecule has 0 spiro atoms. The number of amides is 3. The SMILES string of the molecule is Cn1cc(N2CCC[C@@H](N3C(=O)N[C@H](Cc4ccccc4)C3=O)C2)cn1. The first-order chi connectivity index (χ1) is 12.6. The number of carbonyl (C=O) groups is 2. The minimum absolute atomic E-state index is 0.0998. The Morgan fingerprint density at radius 1 is 1.23 bits per heavy atom. The van der Waals surface area contributed by atoms with Gasteiger partial charge in [-0.25, -0.2) is 4.79 Å². The first-order valence-electron chi connectivity index (χ1n) is 9.03. The molecule has 0 saturated carbocycles. The van der Waals surface area contributed by atoms with Gasteiger partial charge in [-0.05, 0) is 18.4 Å². The Bertz CT molecular complexity index is 803. The molecule has 3 heterocycles. The van der Waals surface area contributed by atoms with E-state index >= 15 is 0 Å². The summed E-state index contributed by atoms with van der Waals surface area (Å²) in [6.07, 6.45) is 6.10. The molecule has 0 bridgehead atoms.